The molecule has 8 heteroatoms. The van der Waals surface area contributed by atoms with Crippen molar-refractivity contribution in [2.24, 2.45) is 0 Å². The Morgan fingerprint density at radius 3 is 2.63 bits per heavy atom. The van der Waals surface area contributed by atoms with Gasteiger partial charge in [0.15, 0.2) is 5.65 Å². The van der Waals surface area contributed by atoms with E-state index >= 15 is 0 Å². The van der Waals surface area contributed by atoms with Crippen LogP contribution < -0.4 is 5.56 Å². The second kappa shape index (κ2) is 8.18. The van der Waals surface area contributed by atoms with Crippen molar-refractivity contribution in [3.05, 3.63) is 64.3 Å². The van der Waals surface area contributed by atoms with Crippen molar-refractivity contribution in [3.63, 3.8) is 0 Å². The van der Waals surface area contributed by atoms with Gasteiger partial charge in [-0.1, -0.05) is 23.7 Å². The maximum absolute atomic E-state index is 13.0. The van der Waals surface area contributed by atoms with Crippen molar-refractivity contribution in [1.29, 1.82) is 0 Å². The van der Waals surface area contributed by atoms with Gasteiger partial charge in [-0.3, -0.25) is 9.69 Å². The maximum atomic E-state index is 13.0. The molecule has 0 unspecified atom stereocenters. The van der Waals surface area contributed by atoms with Gasteiger partial charge >= 0.3 is 0 Å². The fraction of sp³-hybridized carbons (Fsp3) is 0.318. The van der Waals surface area contributed by atoms with Crippen LogP contribution in [0.25, 0.3) is 27.7 Å². The molecule has 1 aromatic carbocycles. The average Bonchev–Trinajstić information content (AvgIpc) is 3.21. The molecule has 0 bridgehead atoms. The Bertz CT molecular complexity index is 1240. The van der Waals surface area contributed by atoms with Crippen LogP contribution in [0.3, 0.4) is 0 Å². The highest BCUT2D eigenvalue weighted by molar-refractivity contribution is 6.30. The zero-order valence-electron chi connectivity index (χ0n) is 16.5. The predicted molar refractivity (Wildman–Crippen MR) is 117 cm³/mol. The topological polar surface area (TPSA) is 64.7 Å². The average molecular weight is 424 g/mol. The number of nitrogens with zero attached hydrogens (tertiary/aromatic N) is 5. The largest absolute Gasteiger partial charge is 0.379 e. The van der Waals surface area contributed by atoms with E-state index in [0.717, 1.165) is 55.9 Å². The molecular weight excluding hydrogens is 402 g/mol. The second-order valence-corrected chi connectivity index (χ2v) is 7.92. The normalized spacial score (nSPS) is 15.2. The minimum atomic E-state index is -0.0348. The molecule has 1 aliphatic heterocycles. The maximum Gasteiger partial charge on any atom is 0.261 e. The van der Waals surface area contributed by atoms with Crippen molar-refractivity contribution < 1.29 is 4.74 Å². The molecule has 1 saturated heterocycles. The number of hydrogen-bond acceptors (Lipinski definition) is 5. The van der Waals surface area contributed by atoms with E-state index < -0.39 is 0 Å². The Morgan fingerprint density at radius 1 is 1.03 bits per heavy atom. The summed E-state index contributed by atoms with van der Waals surface area (Å²) < 4.78 is 8.88. The van der Waals surface area contributed by atoms with Gasteiger partial charge in [0, 0.05) is 49.2 Å². The zero-order chi connectivity index (χ0) is 20.5. The standard InChI is InChI=1S/C22H22ClN5O2/c23-17-4-2-16(3-5-17)18-15-25-28-20-6-9-27(22(29)19(20)14-24-21(18)28)8-1-7-26-10-12-30-13-11-26/h2-6,9,14-15H,1,7-8,10-13H2. The van der Waals surface area contributed by atoms with Crippen molar-refractivity contribution in [3.8, 4) is 11.1 Å². The monoisotopic (exact) mass is 423 g/mol. The molecule has 5 rings (SSSR count). The van der Waals surface area contributed by atoms with Gasteiger partial charge in [0.05, 0.1) is 30.3 Å². The molecule has 0 saturated carbocycles. The Kier molecular flexibility index (Phi) is 5.25. The molecule has 7 nitrogen and oxygen atoms in total. The molecule has 1 aliphatic rings. The van der Waals surface area contributed by atoms with E-state index in [1.54, 1.807) is 21.5 Å². The number of ether oxygens (including phenoxy) is 1. The first kappa shape index (κ1) is 19.2. The third kappa shape index (κ3) is 3.60. The molecule has 4 aromatic rings. The van der Waals surface area contributed by atoms with Gasteiger partial charge in [-0.05, 0) is 30.2 Å². The van der Waals surface area contributed by atoms with Crippen LogP contribution in [0.5, 0.6) is 0 Å². The van der Waals surface area contributed by atoms with Crippen molar-refractivity contribution >= 4 is 28.2 Å². The number of hydrogen-bond donors (Lipinski definition) is 0. The van der Waals surface area contributed by atoms with Crippen LogP contribution in [-0.2, 0) is 11.3 Å². The Hall–Kier alpha value is -2.74. The van der Waals surface area contributed by atoms with Crippen LogP contribution in [0, 0.1) is 0 Å². The van der Waals surface area contributed by atoms with E-state index in [-0.39, 0.29) is 5.56 Å². The quantitative estimate of drug-likeness (QED) is 0.493. The summed E-state index contributed by atoms with van der Waals surface area (Å²) in [4.78, 5) is 19.9. The van der Waals surface area contributed by atoms with Crippen LogP contribution in [-0.4, -0.2) is 56.9 Å². The molecular formula is C22H22ClN5O2. The van der Waals surface area contributed by atoms with Crippen LogP contribution in [0.4, 0.5) is 0 Å². The van der Waals surface area contributed by atoms with Crippen molar-refractivity contribution in [2.45, 2.75) is 13.0 Å². The van der Waals surface area contributed by atoms with Crippen molar-refractivity contribution in [1.82, 2.24) is 24.1 Å². The summed E-state index contributed by atoms with van der Waals surface area (Å²) in [5.74, 6) is 0. The van der Waals surface area contributed by atoms with Gasteiger partial charge in [-0.2, -0.15) is 5.10 Å². The van der Waals surface area contributed by atoms with Crippen LogP contribution >= 0.6 is 11.6 Å². The lowest BCUT2D eigenvalue weighted by Crippen LogP contribution is -2.37. The molecule has 30 heavy (non-hydrogen) atoms. The number of halogens is 1. The summed E-state index contributed by atoms with van der Waals surface area (Å²) in [5.41, 5.74) is 3.33. The van der Waals surface area contributed by atoms with Gasteiger partial charge in [-0.15, -0.1) is 0 Å². The fourth-order valence-electron chi connectivity index (χ4n) is 3.96. The van der Waals surface area contributed by atoms with E-state index in [2.05, 4.69) is 15.0 Å². The Labute approximate surface area is 178 Å². The zero-order valence-corrected chi connectivity index (χ0v) is 17.3. The predicted octanol–water partition coefficient (Wildman–Crippen LogP) is 3.09. The summed E-state index contributed by atoms with van der Waals surface area (Å²) >= 11 is 6.00. The first-order valence-corrected chi connectivity index (χ1v) is 10.5. The molecule has 154 valence electrons. The number of aromatic nitrogens is 4. The van der Waals surface area contributed by atoms with Gasteiger partial charge in [0.1, 0.15) is 0 Å². The van der Waals surface area contributed by atoms with Crippen LogP contribution in [0.2, 0.25) is 5.02 Å². The summed E-state index contributed by atoms with van der Waals surface area (Å²) in [6.07, 6.45) is 6.21. The smallest absolute Gasteiger partial charge is 0.261 e. The van der Waals surface area contributed by atoms with Gasteiger partial charge in [0.25, 0.3) is 5.56 Å². The fourth-order valence-corrected chi connectivity index (χ4v) is 4.08. The second-order valence-electron chi connectivity index (χ2n) is 7.48. The molecule has 3 aromatic heterocycles. The van der Waals surface area contributed by atoms with E-state index in [4.69, 9.17) is 16.3 Å². The van der Waals surface area contributed by atoms with E-state index in [9.17, 15) is 4.79 Å². The number of aryl methyl sites for hydroxylation is 1. The highest BCUT2D eigenvalue weighted by Crippen LogP contribution is 2.26. The Balaban J connectivity index is 1.43. The van der Waals surface area contributed by atoms with E-state index in [0.29, 0.717) is 22.6 Å². The molecule has 4 heterocycles. The summed E-state index contributed by atoms with van der Waals surface area (Å²) in [6.45, 7) is 5.15. The lowest BCUT2D eigenvalue weighted by molar-refractivity contribution is 0.0369. The Morgan fingerprint density at radius 2 is 1.83 bits per heavy atom. The van der Waals surface area contributed by atoms with Crippen molar-refractivity contribution in [2.75, 3.05) is 32.8 Å². The molecule has 0 spiro atoms. The van der Waals surface area contributed by atoms with E-state index in [1.807, 2.05) is 36.5 Å². The lowest BCUT2D eigenvalue weighted by Gasteiger charge is -2.26. The molecule has 1 fully saturated rings. The first-order valence-electron chi connectivity index (χ1n) is 10.1. The number of pyridine rings is 1. The molecule has 0 N–H and O–H groups in total. The van der Waals surface area contributed by atoms with Gasteiger partial charge < -0.3 is 9.30 Å². The van der Waals surface area contributed by atoms with Crippen LogP contribution in [0.1, 0.15) is 6.42 Å². The molecule has 0 aliphatic carbocycles. The molecule has 0 amide bonds. The van der Waals surface area contributed by atoms with Crippen LogP contribution in [0.15, 0.2) is 53.7 Å². The first-order chi connectivity index (χ1) is 14.7. The SMILES string of the molecule is O=c1c2cnc3c(-c4ccc(Cl)cc4)cnn3c2ccn1CCCN1CCOCC1. The third-order valence-electron chi connectivity index (χ3n) is 5.60. The summed E-state index contributed by atoms with van der Waals surface area (Å²) in [7, 11) is 0. The lowest BCUT2D eigenvalue weighted by atomic mass is 10.1. The van der Waals surface area contributed by atoms with E-state index in [1.165, 1.54) is 0 Å². The molecule has 0 atom stereocenters. The van der Waals surface area contributed by atoms with Gasteiger partial charge in [-0.25, -0.2) is 9.50 Å². The third-order valence-corrected chi connectivity index (χ3v) is 5.85. The van der Waals surface area contributed by atoms with Gasteiger partial charge in [0.2, 0.25) is 0 Å². The summed E-state index contributed by atoms with van der Waals surface area (Å²) in [6, 6.07) is 9.52. The highest BCUT2D eigenvalue weighted by atomic mass is 35.5. The number of rotatable bonds is 5. The number of benzene rings is 1. The number of fused-ring (bicyclic) bond motifs is 3. The highest BCUT2D eigenvalue weighted by Gasteiger charge is 2.14. The number of morpholine rings is 1. The molecule has 0 radical (unpaired) electrons. The summed E-state index contributed by atoms with van der Waals surface area (Å²) in [5, 5.41) is 5.75. The minimum absolute atomic E-state index is 0.0348. The minimum Gasteiger partial charge on any atom is -0.379 e.